The summed E-state index contributed by atoms with van der Waals surface area (Å²) in [6, 6.07) is 8.39. The highest BCUT2D eigenvalue weighted by Crippen LogP contribution is 2.33. The Hall–Kier alpha value is -1.71. The molecular formula is C17H9Br2ClF4N2O. The molecule has 3 nitrogen and oxygen atoms in total. The van der Waals surface area contributed by atoms with Gasteiger partial charge in [0.15, 0.2) is 0 Å². The first-order valence-electron chi connectivity index (χ1n) is 7.08. The Morgan fingerprint density at radius 3 is 2.00 bits per heavy atom. The van der Waals surface area contributed by atoms with Crippen molar-refractivity contribution >= 4 is 43.5 Å². The Morgan fingerprint density at radius 2 is 1.48 bits per heavy atom. The SMILES string of the molecule is Clc1ccnc(Br)c1.Fc1cc(Oc2ccnc(Br)c2)cc(C(F)(F)F)c1. The minimum absolute atomic E-state index is 0.231. The summed E-state index contributed by atoms with van der Waals surface area (Å²) in [5.41, 5.74) is -1.10. The first kappa shape index (κ1) is 21.6. The number of ether oxygens (including phenoxy) is 1. The molecule has 0 bridgehead atoms. The Labute approximate surface area is 173 Å². The highest BCUT2D eigenvalue weighted by molar-refractivity contribution is 9.10. The lowest BCUT2D eigenvalue weighted by molar-refractivity contribution is -0.137. The van der Waals surface area contributed by atoms with E-state index in [1.54, 1.807) is 18.3 Å². The van der Waals surface area contributed by atoms with E-state index in [1.165, 1.54) is 18.3 Å². The van der Waals surface area contributed by atoms with Crippen LogP contribution < -0.4 is 4.74 Å². The third-order valence-corrected chi connectivity index (χ3v) is 3.92. The number of aromatic nitrogens is 2. The van der Waals surface area contributed by atoms with Crippen molar-refractivity contribution in [2.75, 3.05) is 0 Å². The zero-order valence-electron chi connectivity index (χ0n) is 13.1. The van der Waals surface area contributed by atoms with Crippen LogP contribution in [0.5, 0.6) is 11.5 Å². The van der Waals surface area contributed by atoms with Crippen LogP contribution in [-0.2, 0) is 6.18 Å². The Morgan fingerprint density at radius 1 is 0.852 bits per heavy atom. The number of pyridine rings is 2. The molecule has 0 aliphatic heterocycles. The molecule has 0 radical (unpaired) electrons. The van der Waals surface area contributed by atoms with Crippen LogP contribution in [-0.4, -0.2) is 9.97 Å². The lowest BCUT2D eigenvalue weighted by Crippen LogP contribution is -2.05. The molecule has 0 fully saturated rings. The van der Waals surface area contributed by atoms with Crippen molar-refractivity contribution in [3.8, 4) is 11.5 Å². The Balaban J connectivity index is 0.000000273. The van der Waals surface area contributed by atoms with Crippen LogP contribution in [0.25, 0.3) is 0 Å². The standard InChI is InChI=1S/C12H6BrF4NO.C5H3BrClN/c13-11-6-9(1-2-18-11)19-10-4-7(12(15,16)17)3-8(14)5-10;6-5-3-4(7)1-2-8-5/h1-6H;1-3H. The molecule has 0 saturated heterocycles. The maximum absolute atomic E-state index is 13.1. The van der Waals surface area contributed by atoms with Gasteiger partial charge in [0.25, 0.3) is 0 Å². The predicted octanol–water partition coefficient (Wildman–Crippen LogP) is 7.29. The fourth-order valence-electron chi connectivity index (χ4n) is 1.75. The summed E-state index contributed by atoms with van der Waals surface area (Å²) >= 11 is 11.8. The van der Waals surface area contributed by atoms with Gasteiger partial charge in [0.05, 0.1) is 5.56 Å². The molecule has 27 heavy (non-hydrogen) atoms. The molecule has 142 valence electrons. The number of hydrogen-bond acceptors (Lipinski definition) is 3. The van der Waals surface area contributed by atoms with Gasteiger partial charge in [-0.1, -0.05) is 11.6 Å². The summed E-state index contributed by atoms with van der Waals surface area (Å²) in [6.45, 7) is 0. The number of alkyl halides is 3. The van der Waals surface area contributed by atoms with E-state index in [0.29, 0.717) is 15.7 Å². The van der Waals surface area contributed by atoms with Gasteiger partial charge >= 0.3 is 6.18 Å². The van der Waals surface area contributed by atoms with Crippen LogP contribution >= 0.6 is 43.5 Å². The third kappa shape index (κ3) is 7.43. The zero-order valence-corrected chi connectivity index (χ0v) is 17.1. The molecule has 3 rings (SSSR count). The van der Waals surface area contributed by atoms with Crippen molar-refractivity contribution in [1.82, 2.24) is 9.97 Å². The van der Waals surface area contributed by atoms with Gasteiger partial charge in [-0.2, -0.15) is 13.2 Å². The van der Waals surface area contributed by atoms with Crippen LogP contribution in [0.15, 0.2) is 64.1 Å². The van der Waals surface area contributed by atoms with Crippen LogP contribution in [0.3, 0.4) is 0 Å². The monoisotopic (exact) mass is 526 g/mol. The van der Waals surface area contributed by atoms with E-state index in [0.717, 1.165) is 16.7 Å². The molecule has 0 saturated carbocycles. The molecule has 0 amide bonds. The average molecular weight is 529 g/mol. The summed E-state index contributed by atoms with van der Waals surface area (Å²) in [6.07, 6.45) is -1.57. The van der Waals surface area contributed by atoms with Crippen molar-refractivity contribution in [3.63, 3.8) is 0 Å². The van der Waals surface area contributed by atoms with Crippen LogP contribution in [0.1, 0.15) is 5.56 Å². The molecule has 2 heterocycles. The second kappa shape index (κ2) is 9.48. The minimum Gasteiger partial charge on any atom is -0.457 e. The topological polar surface area (TPSA) is 35.0 Å². The first-order chi connectivity index (χ1) is 12.6. The van der Waals surface area contributed by atoms with Crippen LogP contribution in [0, 0.1) is 5.82 Å². The van der Waals surface area contributed by atoms with E-state index in [9.17, 15) is 17.6 Å². The Bertz CT molecular complexity index is 908. The second-order valence-electron chi connectivity index (χ2n) is 4.89. The molecule has 0 unspecified atom stereocenters. The van der Waals surface area contributed by atoms with Crippen molar-refractivity contribution in [2.45, 2.75) is 6.18 Å². The molecule has 1 aromatic carbocycles. The van der Waals surface area contributed by atoms with Gasteiger partial charge in [-0.25, -0.2) is 14.4 Å². The molecule has 2 aromatic heterocycles. The van der Waals surface area contributed by atoms with E-state index in [1.807, 2.05) is 0 Å². The summed E-state index contributed by atoms with van der Waals surface area (Å²) in [7, 11) is 0. The molecule has 0 N–H and O–H groups in total. The van der Waals surface area contributed by atoms with Gasteiger partial charge in [-0.3, -0.25) is 0 Å². The van der Waals surface area contributed by atoms with Crippen LogP contribution in [0.4, 0.5) is 17.6 Å². The maximum atomic E-state index is 13.1. The predicted molar refractivity (Wildman–Crippen MR) is 100 cm³/mol. The molecular weight excluding hydrogens is 519 g/mol. The van der Waals surface area contributed by atoms with Crippen molar-refractivity contribution in [1.29, 1.82) is 0 Å². The summed E-state index contributed by atoms with van der Waals surface area (Å²) in [5, 5.41) is 0.701. The first-order valence-corrected chi connectivity index (χ1v) is 9.04. The summed E-state index contributed by atoms with van der Waals surface area (Å²) in [5.74, 6) is -0.996. The van der Waals surface area contributed by atoms with E-state index < -0.39 is 17.6 Å². The zero-order chi connectivity index (χ0) is 20.0. The molecule has 0 aliphatic carbocycles. The highest BCUT2D eigenvalue weighted by atomic mass is 79.9. The van der Waals surface area contributed by atoms with E-state index in [2.05, 4.69) is 41.8 Å². The quantitative estimate of drug-likeness (QED) is 0.259. The lowest BCUT2D eigenvalue weighted by atomic mass is 10.2. The molecule has 0 aliphatic rings. The van der Waals surface area contributed by atoms with Crippen molar-refractivity contribution < 1.29 is 22.3 Å². The fourth-order valence-corrected chi connectivity index (χ4v) is 2.75. The van der Waals surface area contributed by atoms with Gasteiger partial charge in [0.2, 0.25) is 0 Å². The van der Waals surface area contributed by atoms with Crippen molar-refractivity contribution in [3.05, 3.63) is 80.5 Å². The van der Waals surface area contributed by atoms with Crippen molar-refractivity contribution in [2.24, 2.45) is 0 Å². The number of nitrogens with zero attached hydrogens (tertiary/aromatic N) is 2. The second-order valence-corrected chi connectivity index (χ2v) is 6.95. The smallest absolute Gasteiger partial charge is 0.416 e. The fraction of sp³-hybridized carbons (Fsp3) is 0.0588. The lowest BCUT2D eigenvalue weighted by Gasteiger charge is -2.10. The average Bonchev–Trinajstić information content (AvgIpc) is 2.54. The third-order valence-electron chi connectivity index (χ3n) is 2.82. The van der Waals surface area contributed by atoms with E-state index >= 15 is 0 Å². The number of hydrogen-bond donors (Lipinski definition) is 0. The van der Waals surface area contributed by atoms with E-state index in [-0.39, 0.29) is 11.5 Å². The number of halogens is 7. The molecule has 3 aromatic rings. The molecule has 0 atom stereocenters. The summed E-state index contributed by atoms with van der Waals surface area (Å²) in [4.78, 5) is 7.71. The number of benzene rings is 1. The largest absolute Gasteiger partial charge is 0.457 e. The van der Waals surface area contributed by atoms with Gasteiger partial charge in [0, 0.05) is 29.5 Å². The minimum atomic E-state index is -4.63. The summed E-state index contributed by atoms with van der Waals surface area (Å²) < 4.78 is 57.1. The van der Waals surface area contributed by atoms with Crippen LogP contribution in [0.2, 0.25) is 5.02 Å². The van der Waals surface area contributed by atoms with Gasteiger partial charge in [-0.05, 0) is 62.2 Å². The Kier molecular flexibility index (Phi) is 7.58. The van der Waals surface area contributed by atoms with E-state index in [4.69, 9.17) is 16.3 Å². The van der Waals surface area contributed by atoms with Gasteiger partial charge < -0.3 is 4.74 Å². The highest BCUT2D eigenvalue weighted by Gasteiger charge is 2.31. The molecule has 10 heteroatoms. The number of rotatable bonds is 2. The van der Waals surface area contributed by atoms with Gasteiger partial charge in [-0.15, -0.1) is 0 Å². The molecule has 0 spiro atoms. The normalized spacial score (nSPS) is 10.8. The van der Waals surface area contributed by atoms with Gasteiger partial charge in [0.1, 0.15) is 26.5 Å². The maximum Gasteiger partial charge on any atom is 0.416 e.